The van der Waals surface area contributed by atoms with Gasteiger partial charge < -0.3 is 15.2 Å². The van der Waals surface area contributed by atoms with Crippen LogP contribution in [0.4, 0.5) is 4.39 Å². The molecule has 0 spiro atoms. The van der Waals surface area contributed by atoms with Gasteiger partial charge in [0.1, 0.15) is 0 Å². The Balaban J connectivity index is 1.77. The Morgan fingerprint density at radius 3 is 2.81 bits per heavy atom. The quantitative estimate of drug-likeness (QED) is 0.846. The van der Waals surface area contributed by atoms with Gasteiger partial charge in [0.05, 0.1) is 19.1 Å². The van der Waals surface area contributed by atoms with Crippen molar-refractivity contribution in [2.45, 2.75) is 44.1 Å². The van der Waals surface area contributed by atoms with Crippen LogP contribution in [0.15, 0.2) is 18.2 Å². The maximum Gasteiger partial charge on any atom is 0.222 e. The average molecular weight is 295 g/mol. The predicted molar refractivity (Wildman–Crippen MR) is 77.7 cm³/mol. The molecule has 2 N–H and O–H groups in total. The summed E-state index contributed by atoms with van der Waals surface area (Å²) in [4.78, 5) is 11.8. The molecule has 1 saturated carbocycles. The van der Waals surface area contributed by atoms with Crippen molar-refractivity contribution in [2.24, 2.45) is 0 Å². The van der Waals surface area contributed by atoms with Crippen molar-refractivity contribution >= 4 is 5.91 Å². The van der Waals surface area contributed by atoms with Gasteiger partial charge in [-0.25, -0.2) is 4.39 Å². The Hall–Kier alpha value is -1.62. The Labute approximate surface area is 124 Å². The number of halogens is 1. The first kappa shape index (κ1) is 15.8. The number of ether oxygens (including phenoxy) is 1. The van der Waals surface area contributed by atoms with Gasteiger partial charge in [0, 0.05) is 6.54 Å². The lowest BCUT2D eigenvalue weighted by Crippen LogP contribution is -2.35. The monoisotopic (exact) mass is 295 g/mol. The van der Waals surface area contributed by atoms with Gasteiger partial charge in [-0.15, -0.1) is 0 Å². The van der Waals surface area contributed by atoms with Crippen molar-refractivity contribution in [3.8, 4) is 5.75 Å². The molecular formula is C16H22FNO3. The summed E-state index contributed by atoms with van der Waals surface area (Å²) in [5.41, 5.74) is 0.0801. The largest absolute Gasteiger partial charge is 0.494 e. The van der Waals surface area contributed by atoms with E-state index in [1.165, 1.54) is 13.2 Å². The molecule has 0 heterocycles. The summed E-state index contributed by atoms with van der Waals surface area (Å²) in [5.74, 6) is -0.318. The Morgan fingerprint density at radius 2 is 2.14 bits per heavy atom. The molecule has 0 aromatic heterocycles. The van der Waals surface area contributed by atoms with E-state index in [0.717, 1.165) is 18.4 Å². The molecule has 1 aliphatic carbocycles. The minimum Gasteiger partial charge on any atom is -0.494 e. The van der Waals surface area contributed by atoms with Crippen molar-refractivity contribution in [2.75, 3.05) is 13.7 Å². The highest BCUT2D eigenvalue weighted by Gasteiger charge is 2.33. The summed E-state index contributed by atoms with van der Waals surface area (Å²) < 4.78 is 18.2. The summed E-state index contributed by atoms with van der Waals surface area (Å²) >= 11 is 0. The second kappa shape index (κ2) is 6.89. The lowest BCUT2D eigenvalue weighted by Gasteiger charge is -2.21. The number of nitrogens with one attached hydrogen (secondary N) is 1. The van der Waals surface area contributed by atoms with Gasteiger partial charge in [-0.05, 0) is 37.0 Å². The van der Waals surface area contributed by atoms with Crippen LogP contribution in [0.2, 0.25) is 0 Å². The predicted octanol–water partition coefficient (Wildman–Crippen LogP) is 2.19. The van der Waals surface area contributed by atoms with Crippen molar-refractivity contribution in [1.29, 1.82) is 0 Å². The van der Waals surface area contributed by atoms with Crippen LogP contribution in [-0.2, 0) is 11.2 Å². The molecule has 116 valence electrons. The number of benzene rings is 1. The first-order valence-corrected chi connectivity index (χ1v) is 7.34. The van der Waals surface area contributed by atoms with E-state index >= 15 is 0 Å². The fourth-order valence-electron chi connectivity index (χ4n) is 2.78. The van der Waals surface area contributed by atoms with Gasteiger partial charge in [-0.1, -0.05) is 18.9 Å². The summed E-state index contributed by atoms with van der Waals surface area (Å²) in [6.45, 7) is 0.462. The molecular weight excluding hydrogens is 273 g/mol. The molecule has 2 rings (SSSR count). The Morgan fingerprint density at radius 1 is 1.43 bits per heavy atom. The molecule has 1 aliphatic rings. The standard InChI is InChI=1S/C16H22FNO3/c1-21-14-10-12(4-5-13(14)17)6-9-18-15(19)11-16(20)7-2-3-8-16/h4-5,10,20H,2-3,6-9,11H2,1H3,(H,18,19). The maximum absolute atomic E-state index is 13.3. The number of carbonyl (C=O) groups is 1. The molecule has 1 aromatic rings. The molecule has 0 radical (unpaired) electrons. The molecule has 4 nitrogen and oxygen atoms in total. The molecule has 0 atom stereocenters. The SMILES string of the molecule is COc1cc(CCNC(=O)CC2(O)CCCC2)ccc1F. The van der Waals surface area contributed by atoms with Crippen molar-refractivity contribution in [3.05, 3.63) is 29.6 Å². The van der Waals surface area contributed by atoms with Crippen LogP contribution in [0.25, 0.3) is 0 Å². The van der Waals surface area contributed by atoms with E-state index in [9.17, 15) is 14.3 Å². The number of rotatable bonds is 6. The molecule has 0 unspecified atom stereocenters. The summed E-state index contributed by atoms with van der Waals surface area (Å²) in [7, 11) is 1.42. The molecule has 21 heavy (non-hydrogen) atoms. The number of aliphatic hydroxyl groups is 1. The molecule has 0 aliphatic heterocycles. The number of hydrogen-bond donors (Lipinski definition) is 2. The van der Waals surface area contributed by atoms with Crippen molar-refractivity contribution in [1.82, 2.24) is 5.32 Å². The summed E-state index contributed by atoms with van der Waals surface area (Å²) in [6, 6.07) is 4.66. The van der Waals surface area contributed by atoms with Crippen LogP contribution in [-0.4, -0.2) is 30.3 Å². The topological polar surface area (TPSA) is 58.6 Å². The highest BCUT2D eigenvalue weighted by Crippen LogP contribution is 2.32. The Bertz CT molecular complexity index is 498. The van der Waals surface area contributed by atoms with E-state index in [-0.39, 0.29) is 18.1 Å². The third kappa shape index (κ3) is 4.43. The second-order valence-electron chi connectivity index (χ2n) is 5.68. The van der Waals surface area contributed by atoms with E-state index < -0.39 is 11.4 Å². The summed E-state index contributed by atoms with van der Waals surface area (Å²) in [5, 5.41) is 13.0. The zero-order valence-electron chi connectivity index (χ0n) is 12.3. The van der Waals surface area contributed by atoms with Crippen LogP contribution >= 0.6 is 0 Å². The molecule has 1 aromatic carbocycles. The van der Waals surface area contributed by atoms with Gasteiger partial charge in [0.2, 0.25) is 5.91 Å². The van der Waals surface area contributed by atoms with Crippen LogP contribution in [0.5, 0.6) is 5.75 Å². The van der Waals surface area contributed by atoms with Crippen LogP contribution in [0.1, 0.15) is 37.7 Å². The van der Waals surface area contributed by atoms with E-state index in [0.29, 0.717) is 25.8 Å². The van der Waals surface area contributed by atoms with Gasteiger partial charge >= 0.3 is 0 Å². The lowest BCUT2D eigenvalue weighted by molar-refractivity contribution is -0.125. The van der Waals surface area contributed by atoms with Crippen LogP contribution < -0.4 is 10.1 Å². The molecule has 1 amide bonds. The van der Waals surface area contributed by atoms with Crippen molar-refractivity contribution < 1.29 is 19.0 Å². The minimum absolute atomic E-state index is 0.131. The van der Waals surface area contributed by atoms with Crippen molar-refractivity contribution in [3.63, 3.8) is 0 Å². The third-order valence-corrected chi connectivity index (χ3v) is 3.98. The number of amides is 1. The van der Waals surface area contributed by atoms with Crippen LogP contribution in [0.3, 0.4) is 0 Å². The van der Waals surface area contributed by atoms with Crippen LogP contribution in [0, 0.1) is 5.82 Å². The third-order valence-electron chi connectivity index (χ3n) is 3.98. The van der Waals surface area contributed by atoms with E-state index in [2.05, 4.69) is 5.32 Å². The highest BCUT2D eigenvalue weighted by atomic mass is 19.1. The number of hydrogen-bond acceptors (Lipinski definition) is 3. The molecule has 5 heteroatoms. The van der Waals surface area contributed by atoms with E-state index in [1.54, 1.807) is 12.1 Å². The van der Waals surface area contributed by atoms with Gasteiger partial charge in [-0.3, -0.25) is 4.79 Å². The summed E-state index contributed by atoms with van der Waals surface area (Å²) in [6.07, 6.45) is 4.14. The fourth-order valence-corrected chi connectivity index (χ4v) is 2.78. The second-order valence-corrected chi connectivity index (χ2v) is 5.68. The zero-order chi connectivity index (χ0) is 15.3. The fraction of sp³-hybridized carbons (Fsp3) is 0.562. The molecule has 0 bridgehead atoms. The van der Waals surface area contributed by atoms with E-state index in [1.807, 2.05) is 0 Å². The molecule has 0 saturated heterocycles. The Kier molecular flexibility index (Phi) is 5.17. The normalized spacial score (nSPS) is 16.7. The zero-order valence-corrected chi connectivity index (χ0v) is 12.3. The molecule has 1 fully saturated rings. The highest BCUT2D eigenvalue weighted by molar-refractivity contribution is 5.77. The maximum atomic E-state index is 13.3. The number of methoxy groups -OCH3 is 1. The smallest absolute Gasteiger partial charge is 0.222 e. The van der Waals surface area contributed by atoms with Gasteiger partial charge in [-0.2, -0.15) is 0 Å². The first-order valence-electron chi connectivity index (χ1n) is 7.34. The van der Waals surface area contributed by atoms with E-state index in [4.69, 9.17) is 4.74 Å². The lowest BCUT2D eigenvalue weighted by atomic mass is 9.97. The first-order chi connectivity index (χ1) is 10.0. The minimum atomic E-state index is -0.816. The van der Waals surface area contributed by atoms with Gasteiger partial charge in [0.25, 0.3) is 0 Å². The average Bonchev–Trinajstić information content (AvgIpc) is 2.87. The number of carbonyl (C=O) groups excluding carboxylic acids is 1. The van der Waals surface area contributed by atoms with Gasteiger partial charge in [0.15, 0.2) is 11.6 Å².